The van der Waals surface area contributed by atoms with Gasteiger partial charge in [0, 0.05) is 0 Å². The van der Waals surface area contributed by atoms with Crippen molar-refractivity contribution in [3.63, 3.8) is 0 Å². The lowest BCUT2D eigenvalue weighted by Crippen LogP contribution is -2.21. The van der Waals surface area contributed by atoms with E-state index in [0.717, 1.165) is 12.0 Å². The van der Waals surface area contributed by atoms with Crippen molar-refractivity contribution in [3.05, 3.63) is 81.4 Å². The zero-order chi connectivity index (χ0) is 24.0. The van der Waals surface area contributed by atoms with E-state index in [4.69, 9.17) is 0 Å². The van der Waals surface area contributed by atoms with Crippen molar-refractivity contribution in [2.24, 2.45) is 0 Å². The highest BCUT2D eigenvalue weighted by Gasteiger charge is 2.27. The highest BCUT2D eigenvalue weighted by atomic mass is 16.3. The predicted octanol–water partition coefficient (Wildman–Crippen LogP) is 7.88. The van der Waals surface area contributed by atoms with Gasteiger partial charge in [-0.25, -0.2) is 0 Å². The smallest absolute Gasteiger partial charge is 0.116 e. The Bertz CT molecular complexity index is 1100. The predicted molar refractivity (Wildman–Crippen MR) is 136 cm³/mol. The Kier molecular flexibility index (Phi) is 6.21. The number of hydrogen-bond donors (Lipinski definition) is 2. The molecule has 0 saturated heterocycles. The van der Waals surface area contributed by atoms with Gasteiger partial charge in [-0.3, -0.25) is 0 Å². The second-order valence-corrected chi connectivity index (χ2v) is 11.2. The lowest BCUT2D eigenvalue weighted by atomic mass is 9.73. The van der Waals surface area contributed by atoms with Crippen molar-refractivity contribution >= 4 is 0 Å². The molecule has 0 aliphatic heterocycles. The Labute approximate surface area is 194 Å². The van der Waals surface area contributed by atoms with Crippen LogP contribution in [0.15, 0.2) is 42.5 Å². The Morgan fingerprint density at radius 2 is 1.12 bits per heavy atom. The second-order valence-electron chi connectivity index (χ2n) is 11.2. The van der Waals surface area contributed by atoms with Gasteiger partial charge in [0.2, 0.25) is 0 Å². The van der Waals surface area contributed by atoms with Crippen molar-refractivity contribution in [2.75, 3.05) is 0 Å². The molecule has 0 aromatic heterocycles. The van der Waals surface area contributed by atoms with Crippen LogP contribution in [0.5, 0.6) is 11.5 Å². The van der Waals surface area contributed by atoms with Gasteiger partial charge in [0.1, 0.15) is 11.5 Å². The van der Waals surface area contributed by atoms with Gasteiger partial charge < -0.3 is 10.2 Å². The van der Waals surface area contributed by atoms with Crippen molar-refractivity contribution < 1.29 is 10.2 Å². The van der Waals surface area contributed by atoms with Crippen LogP contribution >= 0.6 is 0 Å². The van der Waals surface area contributed by atoms with E-state index in [1.54, 1.807) is 12.1 Å². The summed E-state index contributed by atoms with van der Waals surface area (Å²) in [6.45, 7) is 19.9. The molecule has 3 aromatic rings. The monoisotopic (exact) mass is 430 g/mol. The molecule has 2 heteroatoms. The number of hydrogen-bond acceptors (Lipinski definition) is 2. The number of aryl methyl sites for hydroxylation is 2. The van der Waals surface area contributed by atoms with E-state index in [0.29, 0.717) is 5.75 Å². The molecule has 3 rings (SSSR count). The molecule has 170 valence electrons. The third-order valence-electron chi connectivity index (χ3n) is 6.49. The molecule has 0 atom stereocenters. The number of benzene rings is 3. The molecule has 0 spiro atoms. The van der Waals surface area contributed by atoms with E-state index in [-0.39, 0.29) is 16.6 Å². The van der Waals surface area contributed by atoms with E-state index in [1.165, 1.54) is 44.5 Å². The molecule has 0 aliphatic rings. The fraction of sp³-hybridized carbons (Fsp3) is 0.400. The molecule has 0 bridgehead atoms. The van der Waals surface area contributed by atoms with Crippen LogP contribution in [0.1, 0.15) is 80.5 Å². The summed E-state index contributed by atoms with van der Waals surface area (Å²) in [7, 11) is 0. The van der Waals surface area contributed by atoms with E-state index in [2.05, 4.69) is 68.4 Å². The summed E-state index contributed by atoms with van der Waals surface area (Å²) >= 11 is 0. The first-order valence-electron chi connectivity index (χ1n) is 11.5. The van der Waals surface area contributed by atoms with Crippen molar-refractivity contribution in [1.29, 1.82) is 0 Å². The van der Waals surface area contributed by atoms with Gasteiger partial charge in [-0.2, -0.15) is 0 Å². The Morgan fingerprint density at radius 1 is 0.625 bits per heavy atom. The van der Waals surface area contributed by atoms with E-state index < -0.39 is 0 Å². The first kappa shape index (κ1) is 23.9. The summed E-state index contributed by atoms with van der Waals surface area (Å²) in [6.07, 6.45) is 0.822. The molecule has 2 N–H and O–H groups in total. The largest absolute Gasteiger partial charge is 0.508 e. The first-order valence-corrected chi connectivity index (χ1v) is 11.5. The van der Waals surface area contributed by atoms with Crippen LogP contribution in [-0.4, -0.2) is 10.2 Å². The SMILES string of the molecule is Cc1cc(C)c(-c2ccc(O)cc2)c(C)c1Cc1c(C(C)(C)C)cc(O)cc1C(C)(C)C. The van der Waals surface area contributed by atoms with Gasteiger partial charge in [0.05, 0.1) is 0 Å². The highest BCUT2D eigenvalue weighted by molar-refractivity contribution is 5.74. The van der Waals surface area contributed by atoms with E-state index in [9.17, 15) is 10.2 Å². The normalized spacial score (nSPS) is 12.3. The molecular formula is C30H38O2. The van der Waals surface area contributed by atoms with Crippen molar-refractivity contribution in [3.8, 4) is 22.6 Å². The topological polar surface area (TPSA) is 40.5 Å². The minimum Gasteiger partial charge on any atom is -0.508 e. The maximum atomic E-state index is 10.6. The zero-order valence-electron chi connectivity index (χ0n) is 21.1. The number of aromatic hydroxyl groups is 2. The number of rotatable bonds is 3. The lowest BCUT2D eigenvalue weighted by molar-refractivity contribution is 0.464. The van der Waals surface area contributed by atoms with Crippen LogP contribution in [0, 0.1) is 20.8 Å². The van der Waals surface area contributed by atoms with Gasteiger partial charge >= 0.3 is 0 Å². The van der Waals surface area contributed by atoms with Gasteiger partial charge in [0.25, 0.3) is 0 Å². The Morgan fingerprint density at radius 3 is 1.59 bits per heavy atom. The summed E-state index contributed by atoms with van der Waals surface area (Å²) in [5, 5.41) is 20.3. The van der Waals surface area contributed by atoms with Crippen LogP contribution in [-0.2, 0) is 17.3 Å². The minimum atomic E-state index is -0.0830. The van der Waals surface area contributed by atoms with E-state index >= 15 is 0 Å². The number of phenols is 2. The maximum absolute atomic E-state index is 10.6. The molecule has 0 heterocycles. The summed E-state index contributed by atoms with van der Waals surface area (Å²) in [4.78, 5) is 0. The number of phenolic OH excluding ortho intramolecular Hbond substituents is 2. The summed E-state index contributed by atoms with van der Waals surface area (Å²) < 4.78 is 0. The maximum Gasteiger partial charge on any atom is 0.116 e. The first-order chi connectivity index (χ1) is 14.7. The van der Waals surface area contributed by atoms with Crippen LogP contribution in [0.3, 0.4) is 0 Å². The van der Waals surface area contributed by atoms with Gasteiger partial charge in [0.15, 0.2) is 0 Å². The van der Waals surface area contributed by atoms with Gasteiger partial charge in [-0.15, -0.1) is 0 Å². The average Bonchev–Trinajstić information content (AvgIpc) is 2.65. The molecule has 0 saturated carbocycles. The fourth-order valence-electron chi connectivity index (χ4n) is 4.93. The molecule has 0 amide bonds. The van der Waals surface area contributed by atoms with E-state index in [1.807, 2.05) is 24.3 Å². The molecular weight excluding hydrogens is 392 g/mol. The molecule has 0 fully saturated rings. The Hall–Kier alpha value is -2.74. The van der Waals surface area contributed by atoms with Crippen LogP contribution in [0.2, 0.25) is 0 Å². The summed E-state index contributed by atoms with van der Waals surface area (Å²) in [5.74, 6) is 0.621. The quantitative estimate of drug-likeness (QED) is 0.444. The van der Waals surface area contributed by atoms with Crippen LogP contribution < -0.4 is 0 Å². The lowest BCUT2D eigenvalue weighted by Gasteiger charge is -2.31. The van der Waals surface area contributed by atoms with Crippen molar-refractivity contribution in [2.45, 2.75) is 79.6 Å². The summed E-state index contributed by atoms with van der Waals surface area (Å²) in [5.41, 5.74) is 11.1. The van der Waals surface area contributed by atoms with Crippen LogP contribution in [0.25, 0.3) is 11.1 Å². The van der Waals surface area contributed by atoms with Gasteiger partial charge in [-0.1, -0.05) is 59.7 Å². The standard InChI is InChI=1S/C30H38O2/c1-18-14-19(2)28(21-10-12-22(31)13-11-21)20(3)24(18)17-25-26(29(4,5)6)15-23(32)16-27(25)30(7,8)9/h10-16,31-32H,17H2,1-9H3. The molecule has 2 nitrogen and oxygen atoms in total. The third-order valence-corrected chi connectivity index (χ3v) is 6.49. The molecule has 3 aromatic carbocycles. The Balaban J connectivity index is 2.28. The molecule has 0 unspecified atom stereocenters. The molecule has 32 heavy (non-hydrogen) atoms. The van der Waals surface area contributed by atoms with Gasteiger partial charge in [-0.05, 0) is 112 Å². The van der Waals surface area contributed by atoms with Crippen molar-refractivity contribution in [1.82, 2.24) is 0 Å². The molecule has 0 radical (unpaired) electrons. The highest BCUT2D eigenvalue weighted by Crippen LogP contribution is 2.40. The average molecular weight is 431 g/mol. The van der Waals surface area contributed by atoms with Crippen LogP contribution in [0.4, 0.5) is 0 Å². The molecule has 0 aliphatic carbocycles. The third kappa shape index (κ3) is 4.70. The fourth-order valence-corrected chi connectivity index (χ4v) is 4.93. The zero-order valence-corrected chi connectivity index (χ0v) is 21.1. The second kappa shape index (κ2) is 8.31. The minimum absolute atomic E-state index is 0.0830. The summed E-state index contributed by atoms with van der Waals surface area (Å²) in [6, 6.07) is 13.7.